The summed E-state index contributed by atoms with van der Waals surface area (Å²) in [6.45, 7) is 2.93. The van der Waals surface area contributed by atoms with E-state index in [0.717, 1.165) is 79.0 Å². The highest BCUT2D eigenvalue weighted by Gasteiger charge is 2.40. The second kappa shape index (κ2) is 18.5. The number of benzene rings is 7. The zero-order chi connectivity index (χ0) is 52.7. The van der Waals surface area contributed by atoms with E-state index >= 15 is 0 Å². The Balaban J connectivity index is 0.000000167. The maximum Gasteiger partial charge on any atom is 0.489 e. The van der Waals surface area contributed by atoms with Gasteiger partial charge in [-0.2, -0.15) is 52.7 Å². The fourth-order valence-electron chi connectivity index (χ4n) is 8.23. The number of fused-ring (bicyclic) bond motifs is 6. The molecule has 0 saturated heterocycles. The molecule has 0 aliphatic carbocycles. The lowest BCUT2D eigenvalue weighted by Gasteiger charge is -2.19. The molecule has 0 spiro atoms. The molecule has 0 unspecified atom stereocenters. The third kappa shape index (κ3) is 9.61. The minimum atomic E-state index is -5.20. The van der Waals surface area contributed by atoms with Crippen LogP contribution in [0.2, 0.25) is 0 Å². The van der Waals surface area contributed by atoms with Crippen LogP contribution in [0.25, 0.3) is 88.2 Å². The number of nitrogens with zero attached hydrogens (tertiary/aromatic N) is 4. The molecule has 7 aromatic carbocycles. The Morgan fingerprint density at radius 2 is 0.836 bits per heavy atom. The first-order chi connectivity index (χ1) is 34.2. The van der Waals surface area contributed by atoms with Gasteiger partial charge in [0.2, 0.25) is 0 Å². The molecule has 0 fully saturated rings. The molecule has 0 aliphatic heterocycles. The van der Waals surface area contributed by atoms with Crippen molar-refractivity contribution in [3.05, 3.63) is 147 Å². The SMILES string of the molecule is Brc1c2cc3ncoc3c(Br)c2cc2ncoc12.Cc1cc(C(F)(F)F)ccc1-c1c2cc3ncoc3c(-c3ccc(C(F)(F)F)cc3C(F)(F)F)c2cc2ncoc12.Cc1ccc(B(O)O)c(C(F)(F)F)c1. The van der Waals surface area contributed by atoms with Gasteiger partial charge in [-0.3, -0.25) is 0 Å². The summed E-state index contributed by atoms with van der Waals surface area (Å²) in [4.78, 5) is 16.5. The predicted molar refractivity (Wildman–Crippen MR) is 250 cm³/mol. The molecule has 11 aromatic rings. The molecule has 374 valence electrons. The average molecular weight is 1150 g/mol. The highest BCUT2D eigenvalue weighted by atomic mass is 79.9. The number of alkyl halides is 12. The molecular formula is C48H25BBr2F12N4O6. The molecule has 0 amide bonds. The Morgan fingerprint density at radius 1 is 0.438 bits per heavy atom. The van der Waals surface area contributed by atoms with Crippen molar-refractivity contribution in [1.82, 2.24) is 19.9 Å². The van der Waals surface area contributed by atoms with Crippen molar-refractivity contribution in [2.45, 2.75) is 38.6 Å². The summed E-state index contributed by atoms with van der Waals surface area (Å²) in [6.07, 6.45) is -14.5. The van der Waals surface area contributed by atoms with Crippen LogP contribution in [0.3, 0.4) is 0 Å². The number of hydrogen-bond donors (Lipinski definition) is 2. The van der Waals surface area contributed by atoms with Crippen molar-refractivity contribution >= 4 is 110 Å². The number of aromatic nitrogens is 4. The van der Waals surface area contributed by atoms with Crippen molar-refractivity contribution in [3.63, 3.8) is 0 Å². The second-order valence-corrected chi connectivity index (χ2v) is 17.7. The first kappa shape index (κ1) is 51.0. The van der Waals surface area contributed by atoms with Gasteiger partial charge in [-0.05, 0) is 133 Å². The molecule has 4 aromatic heterocycles. The quantitative estimate of drug-likeness (QED) is 0.130. The minimum absolute atomic E-state index is 0.0198. The fourth-order valence-corrected chi connectivity index (χ4v) is 9.48. The normalized spacial score (nSPS) is 12.5. The molecule has 25 heteroatoms. The van der Waals surface area contributed by atoms with Gasteiger partial charge in [0.05, 0.1) is 31.2 Å². The summed E-state index contributed by atoms with van der Waals surface area (Å²) >= 11 is 7.11. The highest BCUT2D eigenvalue weighted by molar-refractivity contribution is 9.11. The van der Waals surface area contributed by atoms with Crippen LogP contribution in [0.15, 0.2) is 131 Å². The molecule has 0 bridgehead atoms. The zero-order valence-electron chi connectivity index (χ0n) is 36.5. The topological polar surface area (TPSA) is 145 Å². The van der Waals surface area contributed by atoms with Crippen molar-refractivity contribution in [2.24, 2.45) is 0 Å². The Morgan fingerprint density at radius 3 is 1.26 bits per heavy atom. The Labute approximate surface area is 416 Å². The maximum absolute atomic E-state index is 14.2. The van der Waals surface area contributed by atoms with Crippen LogP contribution in [0.4, 0.5) is 52.7 Å². The van der Waals surface area contributed by atoms with Crippen LogP contribution in [0.5, 0.6) is 0 Å². The Hall–Kier alpha value is -6.96. The molecule has 2 N–H and O–H groups in total. The second-order valence-electron chi connectivity index (χ2n) is 16.1. The van der Waals surface area contributed by atoms with Gasteiger partial charge in [0.25, 0.3) is 0 Å². The van der Waals surface area contributed by atoms with E-state index in [2.05, 4.69) is 51.8 Å². The molecule has 4 heterocycles. The van der Waals surface area contributed by atoms with Crippen molar-refractivity contribution in [3.8, 4) is 22.3 Å². The van der Waals surface area contributed by atoms with E-state index < -0.39 is 65.1 Å². The van der Waals surface area contributed by atoms with E-state index in [-0.39, 0.29) is 61.3 Å². The summed E-state index contributed by atoms with van der Waals surface area (Å²) in [7, 11) is -2.10. The van der Waals surface area contributed by atoms with Crippen LogP contribution >= 0.6 is 31.9 Å². The molecule has 11 rings (SSSR count). The molecule has 10 nitrogen and oxygen atoms in total. The lowest BCUT2D eigenvalue weighted by Crippen LogP contribution is -2.36. The first-order valence-corrected chi connectivity index (χ1v) is 22.2. The van der Waals surface area contributed by atoms with E-state index in [1.54, 1.807) is 0 Å². The summed E-state index contributed by atoms with van der Waals surface area (Å²) < 4.78 is 183. The van der Waals surface area contributed by atoms with E-state index in [9.17, 15) is 52.7 Å². The number of aryl methyl sites for hydroxylation is 2. The van der Waals surface area contributed by atoms with Crippen molar-refractivity contribution in [2.75, 3.05) is 0 Å². The van der Waals surface area contributed by atoms with Crippen LogP contribution in [-0.2, 0) is 24.7 Å². The van der Waals surface area contributed by atoms with Gasteiger partial charge in [0, 0.05) is 21.9 Å². The number of rotatable bonds is 3. The molecule has 0 saturated carbocycles. The average Bonchev–Trinajstić information content (AvgIpc) is 4.16. The summed E-state index contributed by atoms with van der Waals surface area (Å²) in [5.41, 5.74) is -1.99. The van der Waals surface area contributed by atoms with Gasteiger partial charge in [-0.25, -0.2) is 19.9 Å². The summed E-state index contributed by atoms with van der Waals surface area (Å²) in [5.74, 6) is 0. The summed E-state index contributed by atoms with van der Waals surface area (Å²) in [5, 5.41) is 19.7. The molecule has 0 atom stereocenters. The largest absolute Gasteiger partial charge is 0.489 e. The van der Waals surface area contributed by atoms with Crippen molar-refractivity contribution in [1.29, 1.82) is 0 Å². The van der Waals surface area contributed by atoms with Gasteiger partial charge in [-0.15, -0.1) is 0 Å². The van der Waals surface area contributed by atoms with Gasteiger partial charge in [-0.1, -0.05) is 29.8 Å². The van der Waals surface area contributed by atoms with Gasteiger partial charge < -0.3 is 27.7 Å². The Kier molecular flexibility index (Phi) is 12.9. The van der Waals surface area contributed by atoms with Crippen LogP contribution in [-0.4, -0.2) is 37.1 Å². The van der Waals surface area contributed by atoms with Crippen LogP contribution in [0, 0.1) is 13.8 Å². The lowest BCUT2D eigenvalue weighted by atomic mass is 9.76. The standard InChI is InChI=1S/C28H13F9N2O2.C12H4Br2N2O2.C8H8BF3O2/c1-12-6-13(26(29,30)31)2-4-15(12)22-17-8-21-25(41-11-39-21)23(18(17)9-20-24(22)40-10-38-20)16-5-3-14(27(32,33)34)7-19(16)28(35,36)37;13-9-5-1-7-11(17-3-15-7)10(14)6(5)2-8-12(9)18-4-16-8;1-5-2-3-7(9(13)14)6(4-5)8(10,11)12/h2-11H,1H3;1-4H;2-4,13-14H,1H3. The highest BCUT2D eigenvalue weighted by Crippen LogP contribution is 2.49. The lowest BCUT2D eigenvalue weighted by molar-refractivity contribution is -0.143. The van der Waals surface area contributed by atoms with Gasteiger partial charge >= 0.3 is 31.8 Å². The minimum Gasteiger partial charge on any atom is -0.443 e. The molecule has 0 radical (unpaired) electrons. The third-order valence-electron chi connectivity index (χ3n) is 11.5. The smallest absolute Gasteiger partial charge is 0.443 e. The number of halogens is 14. The van der Waals surface area contributed by atoms with E-state index in [4.69, 9.17) is 27.7 Å². The number of hydrogen-bond acceptors (Lipinski definition) is 10. The van der Waals surface area contributed by atoms with Crippen LogP contribution < -0.4 is 5.46 Å². The maximum atomic E-state index is 14.2. The summed E-state index contributed by atoms with van der Waals surface area (Å²) in [6, 6.07) is 14.3. The molecule has 0 aliphatic rings. The first-order valence-electron chi connectivity index (χ1n) is 20.7. The van der Waals surface area contributed by atoms with E-state index in [1.807, 2.05) is 12.1 Å². The van der Waals surface area contributed by atoms with Crippen molar-refractivity contribution < 1.29 is 80.4 Å². The fraction of sp³-hybridized carbons (Fsp3) is 0.125. The molecule has 73 heavy (non-hydrogen) atoms. The van der Waals surface area contributed by atoms with Gasteiger partial charge in [0.1, 0.15) is 22.1 Å². The Bertz CT molecular complexity index is 3860. The monoisotopic (exact) mass is 1150 g/mol. The van der Waals surface area contributed by atoms with Crippen LogP contribution in [0.1, 0.15) is 33.4 Å². The predicted octanol–water partition coefficient (Wildman–Crippen LogP) is 15.2. The van der Waals surface area contributed by atoms with E-state index in [1.165, 1.54) is 50.9 Å². The third-order valence-corrected chi connectivity index (χ3v) is 13.1. The molecular weight excluding hydrogens is 1130 g/mol. The number of oxazole rings is 4. The van der Waals surface area contributed by atoms with Gasteiger partial charge in [0.15, 0.2) is 47.9 Å². The zero-order valence-corrected chi connectivity index (χ0v) is 39.7. The van der Waals surface area contributed by atoms with E-state index in [0.29, 0.717) is 17.7 Å².